The van der Waals surface area contributed by atoms with Gasteiger partial charge >= 0.3 is 223 Å². The van der Waals surface area contributed by atoms with Crippen LogP contribution < -0.4 is 20.7 Å². The second-order valence-electron chi connectivity index (χ2n) is 8.63. The number of hydrogen-bond donors (Lipinski definition) is 0. The fraction of sp³-hybridized carbons (Fsp3) is 0.111. The Labute approximate surface area is 220 Å². The van der Waals surface area contributed by atoms with Crippen LogP contribution in [-0.2, 0) is 0 Å². The average molecular weight is 723 g/mol. The van der Waals surface area contributed by atoms with E-state index in [2.05, 4.69) is 134 Å². The first kappa shape index (κ1) is 24.1. The van der Waals surface area contributed by atoms with Crippen molar-refractivity contribution in [2.24, 2.45) is 0 Å². The summed E-state index contributed by atoms with van der Waals surface area (Å²) in [7, 11) is -4.14. The topological polar surface area (TPSA) is 0 Å². The quantitative estimate of drug-likeness (QED) is 0.269. The summed E-state index contributed by atoms with van der Waals surface area (Å²) >= 11 is 3.13. The van der Waals surface area contributed by atoms with E-state index in [9.17, 15) is 0 Å². The summed E-state index contributed by atoms with van der Waals surface area (Å²) in [6, 6.07) is 46.8. The Bertz CT molecular complexity index is 1010. The molecule has 1 aliphatic rings. The number of hydrogen-bond acceptors (Lipinski definition) is 0. The molecule has 1 heterocycles. The van der Waals surface area contributed by atoms with Crippen molar-refractivity contribution in [3.63, 3.8) is 0 Å². The Balaban J connectivity index is 1.88. The molecule has 1 fully saturated rings. The van der Waals surface area contributed by atoms with Gasteiger partial charge in [0.15, 0.2) is 0 Å². The molecule has 0 amide bonds. The van der Waals surface area contributed by atoms with Crippen molar-refractivity contribution < 1.29 is 0 Å². The first-order chi connectivity index (χ1) is 16.1. The molecule has 0 bridgehead atoms. The molecule has 0 nitrogen and oxygen atoms in total. The van der Waals surface area contributed by atoms with Crippen LogP contribution >= 0.6 is 0 Å². The molecule has 0 radical (unpaired) electrons. The molecule has 0 aliphatic carbocycles. The Morgan fingerprint density at radius 1 is 0.424 bits per heavy atom. The van der Waals surface area contributed by atoms with Crippen LogP contribution in [0.3, 0.4) is 0 Å². The molecule has 6 heteroatoms. The van der Waals surface area contributed by atoms with Gasteiger partial charge < -0.3 is 0 Å². The first-order valence-electron chi connectivity index (χ1n) is 11.1. The Hall–Kier alpha value is -0.608. The van der Waals surface area contributed by atoms with Gasteiger partial charge in [0.25, 0.3) is 0 Å². The van der Waals surface area contributed by atoms with Gasteiger partial charge in [-0.05, 0) is 0 Å². The molecule has 1 saturated heterocycles. The van der Waals surface area contributed by atoms with Crippen LogP contribution in [0, 0.1) is 0 Å². The molecule has 5 rings (SSSR count). The molecular formula is C27H26Se4Si2. The average Bonchev–Trinajstić information content (AvgIpc) is 3.42. The van der Waals surface area contributed by atoms with Gasteiger partial charge in [0.2, 0.25) is 0 Å². The number of benzene rings is 4. The summed E-state index contributed by atoms with van der Waals surface area (Å²) in [5.74, 6) is 0. The van der Waals surface area contributed by atoms with Crippen LogP contribution in [0.25, 0.3) is 0 Å². The molecule has 166 valence electrons. The molecule has 0 aromatic heterocycles. The van der Waals surface area contributed by atoms with E-state index in [1.165, 1.54) is 0 Å². The normalized spacial score (nSPS) is 15.9. The molecule has 0 spiro atoms. The van der Waals surface area contributed by atoms with Gasteiger partial charge in [0, 0.05) is 0 Å². The van der Waals surface area contributed by atoms with Crippen LogP contribution in [0.4, 0.5) is 0 Å². The van der Waals surface area contributed by atoms with E-state index in [0.29, 0.717) is 28.7 Å². The molecule has 33 heavy (non-hydrogen) atoms. The fourth-order valence-electron chi connectivity index (χ4n) is 5.15. The summed E-state index contributed by atoms with van der Waals surface area (Å²) in [6.07, 6.45) is 0. The summed E-state index contributed by atoms with van der Waals surface area (Å²) < 4.78 is 0.478. The van der Waals surface area contributed by atoms with Crippen molar-refractivity contribution >= 4 is 85.8 Å². The van der Waals surface area contributed by atoms with Crippen molar-refractivity contribution in [3.05, 3.63) is 121 Å². The van der Waals surface area contributed by atoms with E-state index >= 15 is 0 Å². The first-order valence-corrected chi connectivity index (χ1v) is 30.8. The van der Waals surface area contributed by atoms with Crippen LogP contribution in [0.5, 0.6) is 0 Å². The van der Waals surface area contributed by atoms with Crippen molar-refractivity contribution in [3.8, 4) is 0 Å². The van der Waals surface area contributed by atoms with Crippen molar-refractivity contribution in [2.75, 3.05) is 0 Å². The van der Waals surface area contributed by atoms with E-state index in [1.807, 2.05) is 0 Å². The maximum atomic E-state index is 2.75. The van der Waals surface area contributed by atoms with Crippen molar-refractivity contribution in [1.82, 2.24) is 0 Å². The van der Waals surface area contributed by atoms with Gasteiger partial charge in [-0.25, -0.2) is 0 Å². The second kappa shape index (κ2) is 10.2. The van der Waals surface area contributed by atoms with Crippen molar-refractivity contribution in [1.29, 1.82) is 0 Å². The zero-order valence-electron chi connectivity index (χ0n) is 18.7. The maximum absolute atomic E-state index is 2.75. The molecule has 0 unspecified atom stereocenters. The van der Waals surface area contributed by atoms with Gasteiger partial charge in [-0.15, -0.1) is 0 Å². The van der Waals surface area contributed by atoms with Gasteiger partial charge in [0.05, 0.1) is 0 Å². The monoisotopic (exact) mass is 726 g/mol. The molecule has 1 aliphatic heterocycles. The third kappa shape index (κ3) is 3.99. The minimum atomic E-state index is -2.07. The summed E-state index contributed by atoms with van der Waals surface area (Å²) in [5, 5.41) is 6.55. The minimum absolute atomic E-state index is 0.478. The van der Waals surface area contributed by atoms with E-state index in [0.717, 1.165) is 22.6 Å². The fourth-order valence-corrected chi connectivity index (χ4v) is 128. The molecule has 4 aromatic carbocycles. The van der Waals surface area contributed by atoms with E-state index < -0.39 is 16.1 Å². The third-order valence-electron chi connectivity index (χ3n) is 7.05. The summed E-state index contributed by atoms with van der Waals surface area (Å²) in [5.41, 5.74) is 0. The molecule has 4 aromatic rings. The zero-order valence-corrected chi connectivity index (χ0v) is 27.5. The zero-order chi connectivity index (χ0) is 22.8. The van der Waals surface area contributed by atoms with E-state index in [-0.39, 0.29) is 0 Å². The SMILES string of the molecule is C[Si](c1ccccc1)(c1ccccc1)C1([Si](C)(c2ccccc2)c2ccccc2)[Se][Se][Se][Se]1. The molecular weight excluding hydrogens is 696 g/mol. The molecule has 0 N–H and O–H groups in total. The van der Waals surface area contributed by atoms with Crippen molar-refractivity contribution in [2.45, 2.75) is 15.6 Å². The second-order valence-corrected chi connectivity index (χ2v) is 47.9. The summed E-state index contributed by atoms with van der Waals surface area (Å²) in [4.78, 5) is 0. The Morgan fingerprint density at radius 3 is 0.909 bits per heavy atom. The standard InChI is InChI=1S/C27H26Se4Si2/c1-32(23-15-7-3-8-16-23,24-17-9-4-10-18-24)27(28-30-31-29-27)33(2,25-19-11-5-12-20-25)26-21-13-6-14-22-26/h3-22H,1-2H3. The van der Waals surface area contributed by atoms with Gasteiger partial charge in [-0.3, -0.25) is 0 Å². The molecule has 0 atom stereocenters. The molecule has 0 saturated carbocycles. The predicted octanol–water partition coefficient (Wildman–Crippen LogP) is 2.54. The Kier molecular flexibility index (Phi) is 7.43. The van der Waals surface area contributed by atoms with Crippen LogP contribution in [-0.4, -0.2) is 65.0 Å². The van der Waals surface area contributed by atoms with Gasteiger partial charge in [0.1, 0.15) is 0 Å². The summed E-state index contributed by atoms with van der Waals surface area (Å²) in [6.45, 7) is 5.49. The van der Waals surface area contributed by atoms with Gasteiger partial charge in [-0.1, -0.05) is 0 Å². The van der Waals surface area contributed by atoms with Crippen LogP contribution in [0.15, 0.2) is 121 Å². The number of rotatable bonds is 6. The third-order valence-corrected chi connectivity index (χ3v) is 81.4. The predicted molar refractivity (Wildman–Crippen MR) is 153 cm³/mol. The van der Waals surface area contributed by atoms with E-state index in [4.69, 9.17) is 0 Å². The van der Waals surface area contributed by atoms with Gasteiger partial charge in [-0.2, -0.15) is 0 Å². The Morgan fingerprint density at radius 2 is 0.667 bits per heavy atom. The van der Waals surface area contributed by atoms with E-state index in [1.54, 1.807) is 20.7 Å². The van der Waals surface area contributed by atoms with Crippen LogP contribution in [0.2, 0.25) is 15.6 Å². The van der Waals surface area contributed by atoms with Crippen LogP contribution in [0.1, 0.15) is 0 Å².